The van der Waals surface area contributed by atoms with E-state index in [9.17, 15) is 10.1 Å². The Kier molecular flexibility index (Phi) is 4.37. The van der Waals surface area contributed by atoms with E-state index in [-0.39, 0.29) is 0 Å². The van der Waals surface area contributed by atoms with Crippen molar-refractivity contribution in [2.45, 2.75) is 26.3 Å². The van der Waals surface area contributed by atoms with Gasteiger partial charge in [-0.25, -0.2) is 0 Å². The number of hydrogen-bond donors (Lipinski definition) is 1. The van der Waals surface area contributed by atoms with Crippen LogP contribution in [0, 0.1) is 17.4 Å². The lowest BCUT2D eigenvalue weighted by Crippen LogP contribution is -2.11. The first kappa shape index (κ1) is 17.8. The Morgan fingerprint density at radius 1 is 1.18 bits per heavy atom. The number of aromatic nitrogens is 1. The Balaban J connectivity index is 2.03. The van der Waals surface area contributed by atoms with E-state index < -0.39 is 5.91 Å². The summed E-state index contributed by atoms with van der Waals surface area (Å²) in [6, 6.07) is 22.9. The molecular weight excluding hydrogens is 346 g/mol. The minimum absolute atomic E-state index is 0.365. The van der Waals surface area contributed by atoms with Gasteiger partial charge in [-0.05, 0) is 53.4 Å². The zero-order chi connectivity index (χ0) is 19.8. The van der Waals surface area contributed by atoms with Gasteiger partial charge < -0.3 is 10.3 Å². The molecule has 0 aliphatic rings. The number of carbonyl (C=O) groups is 1. The van der Waals surface area contributed by atoms with Crippen LogP contribution in [-0.2, 0) is 6.54 Å². The number of carbonyl (C=O) groups excluding carboxylic acids is 1. The van der Waals surface area contributed by atoms with E-state index >= 15 is 0 Å². The average molecular weight is 366 g/mol. The lowest BCUT2D eigenvalue weighted by Gasteiger charge is -2.10. The van der Waals surface area contributed by atoms with Gasteiger partial charge in [0.15, 0.2) is 0 Å². The quantitative estimate of drug-likeness (QED) is 0.567. The highest BCUT2D eigenvalue weighted by Gasteiger charge is 2.17. The van der Waals surface area contributed by atoms with Crippen LogP contribution in [0.4, 0.5) is 0 Å². The van der Waals surface area contributed by atoms with Crippen LogP contribution in [0.3, 0.4) is 0 Å². The Morgan fingerprint density at radius 2 is 1.96 bits per heavy atom. The maximum absolute atomic E-state index is 12.0. The highest BCUT2D eigenvalue weighted by atomic mass is 16.1. The molecule has 4 aromatic rings. The maximum Gasteiger partial charge on any atom is 0.249 e. The van der Waals surface area contributed by atoms with Gasteiger partial charge in [0.1, 0.15) is 0 Å². The number of benzene rings is 3. The predicted octanol–water partition coefficient (Wildman–Crippen LogP) is 4.74. The van der Waals surface area contributed by atoms with E-state index in [1.807, 2.05) is 36.4 Å². The zero-order valence-electron chi connectivity index (χ0n) is 15.9. The van der Waals surface area contributed by atoms with E-state index in [1.54, 1.807) is 12.1 Å². The molecule has 0 aliphatic heterocycles. The third kappa shape index (κ3) is 2.91. The first-order chi connectivity index (χ1) is 13.5. The lowest BCUT2D eigenvalue weighted by molar-refractivity contribution is 0.100. The molecule has 0 bridgehead atoms. The number of nitrogens with two attached hydrogens (primary N) is 1. The van der Waals surface area contributed by atoms with Crippen molar-refractivity contribution in [2.75, 3.05) is 0 Å². The number of hydrogen-bond acceptors (Lipinski definition) is 2. The Bertz CT molecular complexity index is 1260. The van der Waals surface area contributed by atoms with Crippen molar-refractivity contribution in [2.24, 2.45) is 5.73 Å². The van der Waals surface area contributed by atoms with Crippen molar-refractivity contribution in [3.05, 3.63) is 82.9 Å². The maximum atomic E-state index is 12.0. The summed E-state index contributed by atoms with van der Waals surface area (Å²) in [6.07, 6.45) is 0. The predicted molar refractivity (Wildman–Crippen MR) is 111 cm³/mol. The Hall–Kier alpha value is -3.58. The summed E-state index contributed by atoms with van der Waals surface area (Å²) in [4.78, 5) is 12.0. The molecule has 3 aromatic carbocycles. The molecule has 4 heteroatoms. The van der Waals surface area contributed by atoms with Gasteiger partial charge >= 0.3 is 0 Å². The highest BCUT2D eigenvalue weighted by Crippen LogP contribution is 2.33. The second-order valence-electron chi connectivity index (χ2n) is 7.31. The molecule has 0 spiro atoms. The summed E-state index contributed by atoms with van der Waals surface area (Å²) in [5.74, 6) is -0.0814. The fourth-order valence-corrected chi connectivity index (χ4v) is 3.70. The van der Waals surface area contributed by atoms with E-state index in [4.69, 9.17) is 5.73 Å². The fraction of sp³-hybridized carbons (Fsp3) is 0.167. The van der Waals surface area contributed by atoms with Crippen LogP contribution in [0.25, 0.3) is 21.8 Å². The standard InChI is InChI=1S/C24H20N3O/c1-15(2)18-9-10-19-22(12-18)27(14-17-6-3-5-16(11-17)13-25)21-8-4-7-20(23(19)21)24(26)28/h3-9,11-12,15H,14H2,1-2H3,(H2,26,28). The third-order valence-corrected chi connectivity index (χ3v) is 5.15. The van der Waals surface area contributed by atoms with Gasteiger partial charge in [0.25, 0.3) is 0 Å². The van der Waals surface area contributed by atoms with Crippen LogP contribution in [0.1, 0.15) is 46.8 Å². The molecule has 4 rings (SSSR count). The number of rotatable bonds is 4. The van der Waals surface area contributed by atoms with Crippen molar-refractivity contribution < 1.29 is 4.79 Å². The summed E-state index contributed by atoms with van der Waals surface area (Å²) >= 11 is 0. The van der Waals surface area contributed by atoms with Crippen molar-refractivity contribution >= 4 is 27.7 Å². The SMILES string of the molecule is CC(C)c1c[c]c2c3c(C(N)=O)cccc3n(Cc3cccc(C#N)c3)c2c1. The summed E-state index contributed by atoms with van der Waals surface area (Å²) in [6.45, 7) is 4.88. The molecule has 1 radical (unpaired) electrons. The zero-order valence-corrected chi connectivity index (χ0v) is 15.9. The molecule has 0 fully saturated rings. The Morgan fingerprint density at radius 3 is 2.68 bits per heavy atom. The van der Waals surface area contributed by atoms with E-state index in [0.29, 0.717) is 23.6 Å². The van der Waals surface area contributed by atoms with Gasteiger partial charge in [0, 0.05) is 22.9 Å². The number of nitriles is 1. The number of primary amides is 1. The van der Waals surface area contributed by atoms with Crippen LogP contribution in [-0.4, -0.2) is 10.5 Å². The van der Waals surface area contributed by atoms with Gasteiger partial charge in [-0.3, -0.25) is 4.79 Å². The largest absolute Gasteiger partial charge is 0.366 e. The molecule has 0 unspecified atom stereocenters. The molecule has 28 heavy (non-hydrogen) atoms. The van der Waals surface area contributed by atoms with Crippen LogP contribution in [0.15, 0.2) is 54.6 Å². The summed E-state index contributed by atoms with van der Waals surface area (Å²) in [5, 5.41) is 10.9. The molecule has 2 N–H and O–H groups in total. The molecule has 0 saturated heterocycles. The summed E-state index contributed by atoms with van der Waals surface area (Å²) in [7, 11) is 0. The van der Waals surface area contributed by atoms with E-state index in [2.05, 4.69) is 36.6 Å². The van der Waals surface area contributed by atoms with Crippen LogP contribution < -0.4 is 5.73 Å². The minimum Gasteiger partial charge on any atom is -0.366 e. The summed E-state index contributed by atoms with van der Waals surface area (Å²) in [5.41, 5.74) is 10.9. The second kappa shape index (κ2) is 6.86. The van der Waals surface area contributed by atoms with Crippen molar-refractivity contribution in [3.63, 3.8) is 0 Å². The minimum atomic E-state index is -0.447. The first-order valence-electron chi connectivity index (χ1n) is 9.25. The van der Waals surface area contributed by atoms with Crippen molar-refractivity contribution in [1.29, 1.82) is 5.26 Å². The normalized spacial score (nSPS) is 11.2. The molecular formula is C24H20N3O. The van der Waals surface area contributed by atoms with Gasteiger partial charge in [0.05, 0.1) is 22.7 Å². The number of fused-ring (bicyclic) bond motifs is 3. The molecule has 0 aliphatic carbocycles. The monoisotopic (exact) mass is 366 g/mol. The molecule has 1 aromatic heterocycles. The van der Waals surface area contributed by atoms with Crippen LogP contribution in [0.5, 0.6) is 0 Å². The molecule has 1 heterocycles. The van der Waals surface area contributed by atoms with Gasteiger partial charge in [-0.15, -0.1) is 0 Å². The second-order valence-corrected chi connectivity index (χ2v) is 7.31. The number of amides is 1. The molecule has 1 amide bonds. The van der Waals surface area contributed by atoms with Gasteiger partial charge in [-0.1, -0.05) is 38.1 Å². The third-order valence-electron chi connectivity index (χ3n) is 5.15. The molecule has 0 saturated carbocycles. The Labute approximate surface area is 163 Å². The number of nitrogens with zero attached hydrogens (tertiary/aromatic N) is 2. The average Bonchev–Trinajstić information content (AvgIpc) is 3.01. The van der Waals surface area contributed by atoms with E-state index in [1.165, 1.54) is 5.56 Å². The van der Waals surface area contributed by atoms with Crippen LogP contribution >= 0.6 is 0 Å². The topological polar surface area (TPSA) is 71.8 Å². The fourth-order valence-electron chi connectivity index (χ4n) is 3.70. The smallest absolute Gasteiger partial charge is 0.249 e. The van der Waals surface area contributed by atoms with E-state index in [0.717, 1.165) is 27.4 Å². The molecule has 4 nitrogen and oxygen atoms in total. The molecule has 0 atom stereocenters. The van der Waals surface area contributed by atoms with Crippen molar-refractivity contribution in [3.8, 4) is 6.07 Å². The summed E-state index contributed by atoms with van der Waals surface area (Å²) < 4.78 is 2.18. The van der Waals surface area contributed by atoms with Gasteiger partial charge in [0.2, 0.25) is 5.91 Å². The lowest BCUT2D eigenvalue weighted by atomic mass is 10.00. The van der Waals surface area contributed by atoms with Gasteiger partial charge in [-0.2, -0.15) is 5.26 Å². The van der Waals surface area contributed by atoms with Crippen LogP contribution in [0.2, 0.25) is 0 Å². The first-order valence-corrected chi connectivity index (χ1v) is 9.25. The van der Waals surface area contributed by atoms with Crippen molar-refractivity contribution in [1.82, 2.24) is 4.57 Å². The highest BCUT2D eigenvalue weighted by molar-refractivity contribution is 6.17. The molecule has 137 valence electrons.